The van der Waals surface area contributed by atoms with Crippen LogP contribution in [0.4, 0.5) is 0 Å². The fourth-order valence-electron chi connectivity index (χ4n) is 6.08. The molecule has 256 valence electrons. The Labute approximate surface area is 307 Å². The van der Waals surface area contributed by atoms with Crippen LogP contribution in [0.1, 0.15) is 0 Å². The van der Waals surface area contributed by atoms with Crippen LogP contribution in [0.2, 0.25) is 0 Å². The summed E-state index contributed by atoms with van der Waals surface area (Å²) >= 11 is 3.50. The SMILES string of the molecule is Brc1ccc(-n2c3ccccc3c3ccccc32)cc1.C=C.COB(OC)OC.OB(O)c1ccc(-n2c3ccccc3c3ccccc32)cc1. The summed E-state index contributed by atoms with van der Waals surface area (Å²) < 4.78 is 19.4. The first-order valence-electron chi connectivity index (χ1n) is 16.2. The Bertz CT molecular complexity index is 2210. The van der Waals surface area contributed by atoms with E-state index in [0.717, 1.165) is 21.2 Å². The molecule has 2 N–H and O–H groups in total. The van der Waals surface area contributed by atoms with Gasteiger partial charge in [0.1, 0.15) is 0 Å². The molecule has 10 heteroatoms. The molecule has 0 spiro atoms. The largest absolute Gasteiger partial charge is 0.638 e. The van der Waals surface area contributed by atoms with E-state index in [0.29, 0.717) is 5.46 Å². The third kappa shape index (κ3) is 8.18. The van der Waals surface area contributed by atoms with Crippen LogP contribution < -0.4 is 5.46 Å². The van der Waals surface area contributed by atoms with Crippen molar-refractivity contribution in [3.63, 3.8) is 0 Å². The molecule has 0 unspecified atom stereocenters. The van der Waals surface area contributed by atoms with Crippen LogP contribution in [0.5, 0.6) is 0 Å². The molecule has 0 atom stereocenters. The van der Waals surface area contributed by atoms with Gasteiger partial charge in [0, 0.05) is 58.7 Å². The first kappa shape index (κ1) is 37.3. The molecule has 8 aromatic rings. The van der Waals surface area contributed by atoms with Gasteiger partial charge in [-0.1, -0.05) is 101 Å². The average molecular weight is 741 g/mol. The number of rotatable bonds is 6. The number of halogens is 1. The van der Waals surface area contributed by atoms with Crippen molar-refractivity contribution in [1.29, 1.82) is 0 Å². The zero-order valence-corrected chi connectivity index (χ0v) is 30.4. The number of aromatic nitrogens is 2. The molecule has 0 aliphatic heterocycles. The summed E-state index contributed by atoms with van der Waals surface area (Å²) in [5.74, 6) is 0. The minimum absolute atomic E-state index is 0.490. The van der Waals surface area contributed by atoms with Gasteiger partial charge in [-0.2, -0.15) is 0 Å². The lowest BCUT2D eigenvalue weighted by Gasteiger charge is -2.08. The third-order valence-electron chi connectivity index (χ3n) is 8.27. The third-order valence-corrected chi connectivity index (χ3v) is 8.80. The second-order valence-electron chi connectivity index (χ2n) is 11.2. The lowest BCUT2D eigenvalue weighted by Crippen LogP contribution is -2.29. The van der Waals surface area contributed by atoms with E-state index < -0.39 is 14.4 Å². The number of nitrogens with zero attached hydrogens (tertiary/aromatic N) is 2. The summed E-state index contributed by atoms with van der Waals surface area (Å²) in [6.45, 7) is 6.00. The van der Waals surface area contributed by atoms with Crippen LogP contribution >= 0.6 is 15.9 Å². The van der Waals surface area contributed by atoms with Crippen LogP contribution in [-0.2, 0) is 14.0 Å². The maximum Gasteiger partial charge on any atom is 0.638 e. The summed E-state index contributed by atoms with van der Waals surface area (Å²) in [6, 6.07) is 49.5. The predicted octanol–water partition coefficient (Wildman–Crippen LogP) is 8.72. The van der Waals surface area contributed by atoms with Crippen LogP contribution in [0, 0.1) is 0 Å². The Kier molecular flexibility index (Phi) is 13.0. The Hall–Kier alpha value is -4.93. The maximum absolute atomic E-state index is 9.24. The number of hydrogen-bond donors (Lipinski definition) is 2. The number of para-hydroxylation sites is 4. The Morgan fingerprint density at radius 2 is 0.765 bits per heavy atom. The van der Waals surface area contributed by atoms with Gasteiger partial charge < -0.3 is 33.1 Å². The molecule has 0 bridgehead atoms. The number of fused-ring (bicyclic) bond motifs is 6. The van der Waals surface area contributed by atoms with Crippen LogP contribution in [0.25, 0.3) is 55.0 Å². The minimum Gasteiger partial charge on any atom is -0.423 e. The first-order valence-corrected chi connectivity index (χ1v) is 17.0. The average Bonchev–Trinajstić information content (AvgIpc) is 3.70. The highest BCUT2D eigenvalue weighted by Gasteiger charge is 2.15. The van der Waals surface area contributed by atoms with Gasteiger partial charge in [-0.25, -0.2) is 0 Å². The second kappa shape index (κ2) is 17.8. The zero-order valence-electron chi connectivity index (χ0n) is 28.8. The first-order chi connectivity index (χ1) is 24.9. The Morgan fingerprint density at radius 1 is 0.471 bits per heavy atom. The molecule has 0 amide bonds. The van der Waals surface area contributed by atoms with E-state index in [2.05, 4.69) is 149 Å². The van der Waals surface area contributed by atoms with Gasteiger partial charge in [0.25, 0.3) is 0 Å². The fourth-order valence-corrected chi connectivity index (χ4v) is 6.34. The smallest absolute Gasteiger partial charge is 0.423 e. The molecule has 51 heavy (non-hydrogen) atoms. The summed E-state index contributed by atoms with van der Waals surface area (Å²) in [5.41, 5.74) is 7.45. The van der Waals surface area contributed by atoms with Crippen molar-refractivity contribution in [3.05, 3.63) is 163 Å². The van der Waals surface area contributed by atoms with Crippen molar-refractivity contribution in [3.8, 4) is 11.4 Å². The molecule has 0 aliphatic carbocycles. The van der Waals surface area contributed by atoms with Gasteiger partial charge >= 0.3 is 14.4 Å². The molecule has 0 saturated carbocycles. The predicted molar refractivity (Wildman–Crippen MR) is 217 cm³/mol. The standard InChI is InChI=1S/C18H14BNO2.C18H12BrN.C3H9BO3.C2H4/c21-19(22)13-9-11-14(12-10-13)20-17-7-3-1-5-15(17)16-6-2-4-8-18(16)20;19-13-9-11-14(12-10-13)20-17-7-3-1-5-15(17)16-6-2-4-8-18(16)20;1-5-4(6-2)7-3;1-2/h1-12,21-22H;1-12H;1-3H3;1-2H2. The van der Waals surface area contributed by atoms with Gasteiger partial charge in [0.15, 0.2) is 0 Å². The van der Waals surface area contributed by atoms with E-state index in [1.54, 1.807) is 12.1 Å². The van der Waals surface area contributed by atoms with E-state index in [-0.39, 0.29) is 0 Å². The number of hydrogen-bond acceptors (Lipinski definition) is 5. The van der Waals surface area contributed by atoms with Crippen molar-refractivity contribution in [2.24, 2.45) is 0 Å². The van der Waals surface area contributed by atoms with E-state index >= 15 is 0 Å². The molecule has 0 fully saturated rings. The summed E-state index contributed by atoms with van der Waals surface area (Å²) in [7, 11) is 2.58. The monoisotopic (exact) mass is 740 g/mol. The molecule has 6 aromatic carbocycles. The van der Waals surface area contributed by atoms with Crippen molar-refractivity contribution in [1.82, 2.24) is 9.13 Å². The minimum atomic E-state index is -1.44. The van der Waals surface area contributed by atoms with Crippen molar-refractivity contribution < 1.29 is 24.0 Å². The molecule has 0 radical (unpaired) electrons. The Morgan fingerprint density at radius 3 is 1.04 bits per heavy atom. The highest BCUT2D eigenvalue weighted by Crippen LogP contribution is 2.33. The summed E-state index contributed by atoms with van der Waals surface area (Å²) in [4.78, 5) is 0. The van der Waals surface area contributed by atoms with Gasteiger partial charge in [-0.15, -0.1) is 13.2 Å². The van der Waals surface area contributed by atoms with Crippen molar-refractivity contribution in [2.45, 2.75) is 0 Å². The lowest BCUT2D eigenvalue weighted by atomic mass is 9.80. The maximum atomic E-state index is 9.24. The molecule has 8 rings (SSSR count). The molecular weight excluding hydrogens is 702 g/mol. The van der Waals surface area contributed by atoms with Gasteiger partial charge in [0.2, 0.25) is 0 Å². The lowest BCUT2D eigenvalue weighted by molar-refractivity contribution is 0.163. The van der Waals surface area contributed by atoms with Crippen molar-refractivity contribution in [2.75, 3.05) is 21.3 Å². The highest BCUT2D eigenvalue weighted by molar-refractivity contribution is 9.10. The van der Waals surface area contributed by atoms with Gasteiger partial charge in [0.05, 0.1) is 22.1 Å². The highest BCUT2D eigenvalue weighted by atomic mass is 79.9. The van der Waals surface area contributed by atoms with E-state index in [4.69, 9.17) is 0 Å². The quantitative estimate of drug-likeness (QED) is 0.132. The van der Waals surface area contributed by atoms with E-state index in [1.807, 2.05) is 36.4 Å². The summed E-state index contributed by atoms with van der Waals surface area (Å²) in [6.07, 6.45) is 0. The molecular formula is C41H39B2BrN2O5. The topological polar surface area (TPSA) is 78.0 Å². The molecule has 0 aliphatic rings. The Balaban J connectivity index is 0.000000161. The zero-order chi connectivity index (χ0) is 36.3. The number of benzene rings is 6. The normalized spacial score (nSPS) is 10.5. The fraction of sp³-hybridized carbons (Fsp3) is 0.0732. The van der Waals surface area contributed by atoms with Crippen molar-refractivity contribution >= 4 is 79.4 Å². The molecule has 2 heterocycles. The van der Waals surface area contributed by atoms with Gasteiger partial charge in [-0.3, -0.25) is 0 Å². The second-order valence-corrected chi connectivity index (χ2v) is 12.1. The van der Waals surface area contributed by atoms with Gasteiger partial charge in [-0.05, 0) is 66.1 Å². The van der Waals surface area contributed by atoms with Crippen LogP contribution in [0.15, 0.2) is 163 Å². The molecule has 0 saturated heterocycles. The van der Waals surface area contributed by atoms with Crippen LogP contribution in [-0.4, -0.2) is 55.0 Å². The summed E-state index contributed by atoms with van der Waals surface area (Å²) in [5, 5.41) is 23.5. The molecule has 2 aromatic heterocycles. The van der Waals surface area contributed by atoms with E-state index in [1.165, 1.54) is 59.6 Å². The van der Waals surface area contributed by atoms with E-state index in [9.17, 15) is 10.0 Å². The van der Waals surface area contributed by atoms with Crippen LogP contribution in [0.3, 0.4) is 0 Å². The molecule has 7 nitrogen and oxygen atoms in total.